The van der Waals surface area contributed by atoms with Gasteiger partial charge in [-0.3, -0.25) is 9.59 Å². The van der Waals surface area contributed by atoms with Crippen molar-refractivity contribution < 1.29 is 9.59 Å². The van der Waals surface area contributed by atoms with Gasteiger partial charge in [0, 0.05) is 18.7 Å². The van der Waals surface area contributed by atoms with Gasteiger partial charge in [-0.15, -0.1) is 0 Å². The molecule has 100 valence electrons. The Morgan fingerprint density at radius 1 is 1.32 bits per heavy atom. The van der Waals surface area contributed by atoms with E-state index in [4.69, 9.17) is 5.26 Å². The van der Waals surface area contributed by atoms with E-state index in [0.717, 1.165) is 0 Å². The zero-order chi connectivity index (χ0) is 14.3. The topological polar surface area (TPSA) is 73.2 Å². The lowest BCUT2D eigenvalue weighted by Crippen LogP contribution is -2.40. The summed E-state index contributed by atoms with van der Waals surface area (Å²) in [7, 11) is 0. The van der Waals surface area contributed by atoms with Crippen LogP contribution < -0.4 is 5.32 Å². The Balaban J connectivity index is 2.61. The Bertz CT molecular complexity index is 502. The van der Waals surface area contributed by atoms with Gasteiger partial charge in [-0.25, -0.2) is 0 Å². The number of rotatable bonds is 5. The van der Waals surface area contributed by atoms with E-state index in [-0.39, 0.29) is 18.4 Å². The van der Waals surface area contributed by atoms with Crippen molar-refractivity contribution >= 4 is 11.8 Å². The highest BCUT2D eigenvalue weighted by Gasteiger charge is 2.12. The minimum absolute atomic E-state index is 0.0305. The van der Waals surface area contributed by atoms with E-state index in [1.165, 1.54) is 6.07 Å². The molecule has 19 heavy (non-hydrogen) atoms. The first-order valence-electron chi connectivity index (χ1n) is 6.18. The fourth-order valence-electron chi connectivity index (χ4n) is 1.68. The Morgan fingerprint density at radius 2 is 2.00 bits per heavy atom. The SMILES string of the molecule is CCN(CC)C(=O)CNC(=O)c1cccc(C#N)c1. The molecule has 0 aliphatic carbocycles. The van der Waals surface area contributed by atoms with Crippen LogP contribution in [0.15, 0.2) is 24.3 Å². The largest absolute Gasteiger partial charge is 0.343 e. The quantitative estimate of drug-likeness (QED) is 0.862. The van der Waals surface area contributed by atoms with Crippen molar-refractivity contribution in [1.29, 1.82) is 5.26 Å². The smallest absolute Gasteiger partial charge is 0.251 e. The molecule has 0 radical (unpaired) electrons. The fraction of sp³-hybridized carbons (Fsp3) is 0.357. The number of nitrogens with one attached hydrogen (secondary N) is 1. The highest BCUT2D eigenvalue weighted by Crippen LogP contribution is 2.03. The van der Waals surface area contributed by atoms with Crippen molar-refractivity contribution in [3.63, 3.8) is 0 Å². The molecule has 5 heteroatoms. The minimum atomic E-state index is -0.349. The van der Waals surface area contributed by atoms with Crippen molar-refractivity contribution in [1.82, 2.24) is 10.2 Å². The predicted octanol–water partition coefficient (Wildman–Crippen LogP) is 1.16. The van der Waals surface area contributed by atoms with Gasteiger partial charge in [0.05, 0.1) is 18.2 Å². The zero-order valence-corrected chi connectivity index (χ0v) is 11.1. The van der Waals surface area contributed by atoms with Gasteiger partial charge < -0.3 is 10.2 Å². The molecule has 0 atom stereocenters. The maximum Gasteiger partial charge on any atom is 0.251 e. The highest BCUT2D eigenvalue weighted by atomic mass is 16.2. The summed E-state index contributed by atoms with van der Waals surface area (Å²) < 4.78 is 0. The number of nitrogens with zero attached hydrogens (tertiary/aromatic N) is 2. The lowest BCUT2D eigenvalue weighted by Gasteiger charge is -2.18. The molecule has 1 aromatic rings. The van der Waals surface area contributed by atoms with Gasteiger partial charge in [0.25, 0.3) is 5.91 Å². The third kappa shape index (κ3) is 4.11. The molecule has 0 heterocycles. The first kappa shape index (κ1) is 14.7. The number of amides is 2. The van der Waals surface area contributed by atoms with E-state index < -0.39 is 0 Å². The van der Waals surface area contributed by atoms with Gasteiger partial charge in [-0.1, -0.05) is 6.07 Å². The second kappa shape index (κ2) is 7.17. The second-order valence-electron chi connectivity index (χ2n) is 3.94. The molecule has 0 bridgehead atoms. The van der Waals surface area contributed by atoms with Gasteiger partial charge in [0.15, 0.2) is 0 Å². The maximum absolute atomic E-state index is 11.8. The van der Waals surface area contributed by atoms with Crippen LogP contribution in [0.4, 0.5) is 0 Å². The average Bonchev–Trinajstić information content (AvgIpc) is 2.46. The van der Waals surface area contributed by atoms with Crippen molar-refractivity contribution in [2.45, 2.75) is 13.8 Å². The van der Waals surface area contributed by atoms with Crippen LogP contribution in [0.25, 0.3) is 0 Å². The summed E-state index contributed by atoms with van der Waals surface area (Å²) in [6, 6.07) is 8.34. The monoisotopic (exact) mass is 259 g/mol. The third-order valence-corrected chi connectivity index (χ3v) is 2.77. The van der Waals surface area contributed by atoms with Crippen LogP contribution in [-0.2, 0) is 4.79 Å². The van der Waals surface area contributed by atoms with Gasteiger partial charge >= 0.3 is 0 Å². The number of carbonyl (C=O) groups is 2. The molecule has 2 amide bonds. The summed E-state index contributed by atoms with van der Waals surface area (Å²) in [4.78, 5) is 25.2. The summed E-state index contributed by atoms with van der Waals surface area (Å²) in [5, 5.41) is 11.3. The van der Waals surface area contributed by atoms with Crippen LogP contribution in [0.3, 0.4) is 0 Å². The van der Waals surface area contributed by atoms with Crippen molar-refractivity contribution in [2.75, 3.05) is 19.6 Å². The summed E-state index contributed by atoms with van der Waals surface area (Å²) in [5.41, 5.74) is 0.800. The maximum atomic E-state index is 11.8. The third-order valence-electron chi connectivity index (χ3n) is 2.77. The molecule has 0 unspecified atom stereocenters. The van der Waals surface area contributed by atoms with E-state index in [0.29, 0.717) is 24.2 Å². The fourth-order valence-corrected chi connectivity index (χ4v) is 1.68. The Morgan fingerprint density at radius 3 is 2.58 bits per heavy atom. The second-order valence-corrected chi connectivity index (χ2v) is 3.94. The number of benzene rings is 1. The Hall–Kier alpha value is -2.35. The highest BCUT2D eigenvalue weighted by molar-refractivity contribution is 5.96. The molecule has 0 fully saturated rings. The molecule has 0 saturated heterocycles. The number of likely N-dealkylation sites (N-methyl/N-ethyl adjacent to an activating group) is 1. The zero-order valence-electron chi connectivity index (χ0n) is 11.1. The Labute approximate surface area is 112 Å². The molecule has 1 rings (SSSR count). The molecular formula is C14H17N3O2. The molecular weight excluding hydrogens is 242 g/mol. The van der Waals surface area contributed by atoms with Crippen LogP contribution in [0.1, 0.15) is 29.8 Å². The van der Waals surface area contributed by atoms with Crippen LogP contribution in [0.2, 0.25) is 0 Å². The molecule has 1 N–H and O–H groups in total. The van der Waals surface area contributed by atoms with Crippen LogP contribution in [-0.4, -0.2) is 36.3 Å². The number of hydrogen-bond acceptors (Lipinski definition) is 3. The molecule has 0 spiro atoms. The van der Waals surface area contributed by atoms with E-state index in [1.54, 1.807) is 23.1 Å². The van der Waals surface area contributed by atoms with Crippen molar-refractivity contribution in [3.05, 3.63) is 35.4 Å². The molecule has 0 aliphatic heterocycles. The predicted molar refractivity (Wildman–Crippen MR) is 71.4 cm³/mol. The van der Waals surface area contributed by atoms with Gasteiger partial charge in [-0.2, -0.15) is 5.26 Å². The summed E-state index contributed by atoms with van der Waals surface area (Å²) >= 11 is 0. The van der Waals surface area contributed by atoms with E-state index >= 15 is 0 Å². The lowest BCUT2D eigenvalue weighted by atomic mass is 10.1. The lowest BCUT2D eigenvalue weighted by molar-refractivity contribution is -0.129. The van der Waals surface area contributed by atoms with Crippen LogP contribution >= 0.6 is 0 Å². The molecule has 0 saturated carbocycles. The van der Waals surface area contributed by atoms with E-state index in [2.05, 4.69) is 5.32 Å². The molecule has 5 nitrogen and oxygen atoms in total. The normalized spacial score (nSPS) is 9.53. The number of hydrogen-bond donors (Lipinski definition) is 1. The summed E-state index contributed by atoms with van der Waals surface area (Å²) in [6.45, 7) is 4.99. The summed E-state index contributed by atoms with van der Waals surface area (Å²) in [6.07, 6.45) is 0. The van der Waals surface area contributed by atoms with Gasteiger partial charge in [0.2, 0.25) is 5.91 Å². The van der Waals surface area contributed by atoms with Crippen molar-refractivity contribution in [2.24, 2.45) is 0 Å². The van der Waals surface area contributed by atoms with Gasteiger partial charge in [-0.05, 0) is 32.0 Å². The first-order valence-corrected chi connectivity index (χ1v) is 6.18. The van der Waals surface area contributed by atoms with Crippen molar-refractivity contribution in [3.8, 4) is 6.07 Å². The molecule has 0 aliphatic rings. The number of nitriles is 1. The molecule has 1 aromatic carbocycles. The average molecular weight is 259 g/mol. The first-order chi connectivity index (χ1) is 9.12. The van der Waals surface area contributed by atoms with E-state index in [9.17, 15) is 9.59 Å². The van der Waals surface area contributed by atoms with E-state index in [1.807, 2.05) is 19.9 Å². The standard InChI is InChI=1S/C14H17N3O2/c1-3-17(4-2)13(18)10-16-14(19)12-7-5-6-11(8-12)9-15/h5-8H,3-4,10H2,1-2H3,(H,16,19). The van der Waals surface area contributed by atoms with Gasteiger partial charge in [0.1, 0.15) is 0 Å². The minimum Gasteiger partial charge on any atom is -0.343 e. The summed E-state index contributed by atoms with van der Waals surface area (Å²) in [5.74, 6) is -0.465. The van der Waals surface area contributed by atoms with Crippen LogP contribution in [0, 0.1) is 11.3 Å². The van der Waals surface area contributed by atoms with Crippen LogP contribution in [0.5, 0.6) is 0 Å². The number of carbonyl (C=O) groups excluding carboxylic acids is 2. The molecule has 0 aromatic heterocycles. The Kier molecular flexibility index (Phi) is 5.55.